The minimum atomic E-state index is 0.0137. The molecule has 1 saturated carbocycles. The fourth-order valence-corrected chi connectivity index (χ4v) is 3.98. The average Bonchev–Trinajstić information content (AvgIpc) is 2.77. The van der Waals surface area contributed by atoms with E-state index in [0.29, 0.717) is 21.2 Å². The van der Waals surface area contributed by atoms with Gasteiger partial charge in [-0.05, 0) is 30.9 Å². The van der Waals surface area contributed by atoms with Crippen LogP contribution in [-0.4, -0.2) is 17.3 Å². The zero-order chi connectivity index (χ0) is 12.3. The van der Waals surface area contributed by atoms with Crippen LogP contribution in [0.25, 0.3) is 0 Å². The summed E-state index contributed by atoms with van der Waals surface area (Å²) in [6.45, 7) is 0. The van der Waals surface area contributed by atoms with Gasteiger partial charge in [0.25, 0.3) is 5.91 Å². The standard InChI is InChI=1S/C12H15BrClNOS/c13-7-8-3-1-2-4-9(8)15-12(16)10-5-6-11(14)17-10/h5-6,8-9H,1-4,7H2,(H,15,16). The van der Waals surface area contributed by atoms with Gasteiger partial charge in [-0.15, -0.1) is 11.3 Å². The normalized spacial score (nSPS) is 24.6. The lowest BCUT2D eigenvalue weighted by atomic mass is 9.86. The summed E-state index contributed by atoms with van der Waals surface area (Å²) in [6.07, 6.45) is 4.76. The summed E-state index contributed by atoms with van der Waals surface area (Å²) < 4.78 is 0.663. The number of nitrogens with one attached hydrogen (secondary N) is 1. The molecule has 1 aliphatic rings. The summed E-state index contributed by atoms with van der Waals surface area (Å²) in [4.78, 5) is 12.7. The molecule has 0 aromatic carbocycles. The highest BCUT2D eigenvalue weighted by Gasteiger charge is 2.26. The molecule has 1 aromatic heterocycles. The number of hydrogen-bond acceptors (Lipinski definition) is 2. The molecule has 2 atom stereocenters. The molecule has 5 heteroatoms. The quantitative estimate of drug-likeness (QED) is 0.828. The summed E-state index contributed by atoms with van der Waals surface area (Å²) in [5, 5.41) is 4.09. The summed E-state index contributed by atoms with van der Waals surface area (Å²) in [5.74, 6) is 0.572. The van der Waals surface area contributed by atoms with Crippen LogP contribution in [0.2, 0.25) is 4.34 Å². The van der Waals surface area contributed by atoms with Gasteiger partial charge in [-0.1, -0.05) is 40.4 Å². The van der Waals surface area contributed by atoms with E-state index >= 15 is 0 Å². The van der Waals surface area contributed by atoms with E-state index in [1.807, 2.05) is 0 Å². The first kappa shape index (κ1) is 13.4. The second-order valence-electron chi connectivity index (χ2n) is 4.38. The van der Waals surface area contributed by atoms with Gasteiger partial charge >= 0.3 is 0 Å². The number of hydrogen-bond donors (Lipinski definition) is 1. The maximum atomic E-state index is 12.0. The Balaban J connectivity index is 1.97. The van der Waals surface area contributed by atoms with Crippen molar-refractivity contribution in [3.63, 3.8) is 0 Å². The molecule has 0 aliphatic heterocycles. The Labute approximate surface area is 119 Å². The van der Waals surface area contributed by atoms with Crippen LogP contribution in [0.4, 0.5) is 0 Å². The SMILES string of the molecule is O=C(NC1CCCCC1CBr)c1ccc(Cl)s1. The Bertz CT molecular complexity index is 396. The molecule has 0 radical (unpaired) electrons. The summed E-state index contributed by atoms with van der Waals surface area (Å²) in [6, 6.07) is 3.86. The fraction of sp³-hybridized carbons (Fsp3) is 0.583. The van der Waals surface area contributed by atoms with Crippen molar-refractivity contribution in [3.8, 4) is 0 Å². The maximum Gasteiger partial charge on any atom is 0.261 e. The third-order valence-corrected chi connectivity index (χ3v) is 5.28. The molecule has 1 aliphatic carbocycles. The molecule has 2 unspecified atom stereocenters. The van der Waals surface area contributed by atoms with Gasteiger partial charge in [0, 0.05) is 11.4 Å². The summed E-state index contributed by atoms with van der Waals surface area (Å²) in [5.41, 5.74) is 0. The monoisotopic (exact) mass is 335 g/mol. The second kappa shape index (κ2) is 6.21. The van der Waals surface area contributed by atoms with Gasteiger partial charge in [0.05, 0.1) is 9.21 Å². The lowest BCUT2D eigenvalue weighted by Gasteiger charge is -2.30. The molecule has 0 bridgehead atoms. The minimum absolute atomic E-state index is 0.0137. The van der Waals surface area contributed by atoms with E-state index in [2.05, 4.69) is 21.2 Å². The minimum Gasteiger partial charge on any atom is -0.348 e. The summed E-state index contributed by atoms with van der Waals surface area (Å²) in [7, 11) is 0. The van der Waals surface area contributed by atoms with E-state index in [0.717, 1.165) is 11.8 Å². The van der Waals surface area contributed by atoms with Crippen molar-refractivity contribution in [1.82, 2.24) is 5.32 Å². The molecule has 1 aromatic rings. The molecule has 1 heterocycles. The van der Waals surface area contributed by atoms with Crippen LogP contribution >= 0.6 is 38.9 Å². The molecule has 1 amide bonds. The Morgan fingerprint density at radius 3 is 2.88 bits per heavy atom. The first-order valence-electron chi connectivity index (χ1n) is 5.83. The van der Waals surface area contributed by atoms with Gasteiger partial charge in [-0.25, -0.2) is 0 Å². The maximum absolute atomic E-state index is 12.0. The fourth-order valence-electron chi connectivity index (χ4n) is 2.26. The number of halogens is 2. The van der Waals surface area contributed by atoms with Crippen molar-refractivity contribution >= 4 is 44.8 Å². The predicted octanol–water partition coefficient (Wildman–Crippen LogP) is 4.09. The lowest BCUT2D eigenvalue weighted by Crippen LogP contribution is -2.42. The number of alkyl halides is 1. The Morgan fingerprint density at radius 1 is 1.47 bits per heavy atom. The first-order valence-corrected chi connectivity index (χ1v) is 8.14. The van der Waals surface area contributed by atoms with Crippen LogP contribution < -0.4 is 5.32 Å². The number of rotatable bonds is 3. The number of carbonyl (C=O) groups excluding carboxylic acids is 1. The lowest BCUT2D eigenvalue weighted by molar-refractivity contribution is 0.0916. The highest BCUT2D eigenvalue weighted by molar-refractivity contribution is 9.09. The highest BCUT2D eigenvalue weighted by Crippen LogP contribution is 2.27. The van der Waals surface area contributed by atoms with Crippen molar-refractivity contribution < 1.29 is 4.79 Å². The van der Waals surface area contributed by atoms with E-state index < -0.39 is 0 Å². The van der Waals surface area contributed by atoms with Gasteiger partial charge in [0.15, 0.2) is 0 Å². The molecular weight excluding hydrogens is 322 g/mol. The van der Waals surface area contributed by atoms with Gasteiger partial charge in [0.1, 0.15) is 0 Å². The highest BCUT2D eigenvalue weighted by atomic mass is 79.9. The van der Waals surface area contributed by atoms with Crippen LogP contribution in [0, 0.1) is 5.92 Å². The molecule has 2 rings (SSSR count). The van der Waals surface area contributed by atoms with Gasteiger partial charge in [-0.3, -0.25) is 4.79 Å². The third-order valence-electron chi connectivity index (χ3n) is 3.22. The molecule has 1 N–H and O–H groups in total. The average molecular weight is 337 g/mol. The molecule has 17 heavy (non-hydrogen) atoms. The smallest absolute Gasteiger partial charge is 0.261 e. The summed E-state index contributed by atoms with van der Waals surface area (Å²) >= 11 is 10.7. The van der Waals surface area contributed by atoms with E-state index in [4.69, 9.17) is 11.6 Å². The second-order valence-corrected chi connectivity index (χ2v) is 6.75. The van der Waals surface area contributed by atoms with Crippen molar-refractivity contribution in [2.45, 2.75) is 31.7 Å². The third kappa shape index (κ3) is 3.46. The number of amides is 1. The Morgan fingerprint density at radius 2 is 2.24 bits per heavy atom. The first-order chi connectivity index (χ1) is 8.20. The van der Waals surface area contributed by atoms with Crippen LogP contribution in [0.3, 0.4) is 0 Å². The van der Waals surface area contributed by atoms with Crippen molar-refractivity contribution in [3.05, 3.63) is 21.3 Å². The molecule has 0 saturated heterocycles. The van der Waals surface area contributed by atoms with Crippen molar-refractivity contribution in [2.75, 3.05) is 5.33 Å². The van der Waals surface area contributed by atoms with E-state index in [-0.39, 0.29) is 5.91 Å². The van der Waals surface area contributed by atoms with Gasteiger partial charge < -0.3 is 5.32 Å². The van der Waals surface area contributed by atoms with Crippen LogP contribution in [0.1, 0.15) is 35.4 Å². The molecule has 0 spiro atoms. The van der Waals surface area contributed by atoms with E-state index in [1.165, 1.54) is 30.6 Å². The number of thiophene rings is 1. The Hall–Kier alpha value is -0.0600. The molecule has 2 nitrogen and oxygen atoms in total. The zero-order valence-corrected chi connectivity index (χ0v) is 12.6. The topological polar surface area (TPSA) is 29.1 Å². The van der Waals surface area contributed by atoms with E-state index in [9.17, 15) is 4.79 Å². The Kier molecular flexibility index (Phi) is 4.88. The van der Waals surface area contributed by atoms with Crippen LogP contribution in [-0.2, 0) is 0 Å². The predicted molar refractivity (Wildman–Crippen MR) is 76.3 cm³/mol. The number of carbonyl (C=O) groups is 1. The van der Waals surface area contributed by atoms with E-state index in [1.54, 1.807) is 12.1 Å². The zero-order valence-electron chi connectivity index (χ0n) is 9.42. The van der Waals surface area contributed by atoms with Crippen LogP contribution in [0.15, 0.2) is 12.1 Å². The van der Waals surface area contributed by atoms with Crippen molar-refractivity contribution in [1.29, 1.82) is 0 Å². The van der Waals surface area contributed by atoms with Gasteiger partial charge in [-0.2, -0.15) is 0 Å². The van der Waals surface area contributed by atoms with Crippen molar-refractivity contribution in [2.24, 2.45) is 5.92 Å². The molecule has 94 valence electrons. The molecular formula is C12H15BrClNOS. The van der Waals surface area contributed by atoms with Gasteiger partial charge in [0.2, 0.25) is 0 Å². The largest absolute Gasteiger partial charge is 0.348 e. The molecule has 1 fully saturated rings. The van der Waals surface area contributed by atoms with Crippen LogP contribution in [0.5, 0.6) is 0 Å².